The smallest absolute Gasteiger partial charge is 0.295 e. The summed E-state index contributed by atoms with van der Waals surface area (Å²) in [7, 11) is 3.89. The van der Waals surface area contributed by atoms with Crippen molar-refractivity contribution >= 4 is 40.7 Å². The van der Waals surface area contributed by atoms with E-state index >= 15 is 0 Å². The Labute approximate surface area is 233 Å². The maximum absolute atomic E-state index is 13.3. The molecule has 0 aromatic heterocycles. The van der Waals surface area contributed by atoms with Gasteiger partial charge >= 0.3 is 0 Å². The molecule has 8 heteroatoms. The Kier molecular flexibility index (Phi) is 8.77. The lowest BCUT2D eigenvalue weighted by Gasteiger charge is -2.26. The first-order valence-electron chi connectivity index (χ1n) is 12.3. The van der Waals surface area contributed by atoms with Gasteiger partial charge in [0.1, 0.15) is 18.1 Å². The van der Waals surface area contributed by atoms with Gasteiger partial charge in [-0.15, -0.1) is 0 Å². The molecule has 1 aliphatic rings. The SMILES string of the molecule is Cc1cc(/C(O)=C2\C(=O)C(=O)N(CCCN(C)C)[C@@H]2c2ccc(Cl)c(Cl)c2)ccc1OCc1ccccc1. The van der Waals surface area contributed by atoms with Crippen LogP contribution in [0.2, 0.25) is 10.0 Å². The average Bonchev–Trinajstić information content (AvgIpc) is 3.14. The van der Waals surface area contributed by atoms with E-state index in [1.54, 1.807) is 36.4 Å². The van der Waals surface area contributed by atoms with Crippen LogP contribution < -0.4 is 4.74 Å². The predicted octanol–water partition coefficient (Wildman–Crippen LogP) is 6.25. The minimum absolute atomic E-state index is 0.0237. The summed E-state index contributed by atoms with van der Waals surface area (Å²) in [6.45, 7) is 3.35. The van der Waals surface area contributed by atoms with E-state index in [1.165, 1.54) is 4.90 Å². The molecule has 0 radical (unpaired) electrons. The number of aliphatic hydroxyl groups is 1. The van der Waals surface area contributed by atoms with Gasteiger partial charge in [0.25, 0.3) is 11.7 Å². The molecular formula is C30H30Cl2N2O4. The van der Waals surface area contributed by atoms with E-state index < -0.39 is 17.7 Å². The summed E-state index contributed by atoms with van der Waals surface area (Å²) in [6.07, 6.45) is 0.657. The monoisotopic (exact) mass is 552 g/mol. The van der Waals surface area contributed by atoms with Crippen LogP contribution in [0.1, 0.15) is 34.7 Å². The Morgan fingerprint density at radius 1 is 1.00 bits per heavy atom. The number of carbonyl (C=O) groups excluding carboxylic acids is 2. The summed E-state index contributed by atoms with van der Waals surface area (Å²) in [5.41, 5.74) is 2.87. The predicted molar refractivity (Wildman–Crippen MR) is 151 cm³/mol. The van der Waals surface area contributed by atoms with Crippen LogP contribution in [0, 0.1) is 6.92 Å². The van der Waals surface area contributed by atoms with Gasteiger partial charge in [0.05, 0.1) is 21.7 Å². The zero-order valence-corrected chi connectivity index (χ0v) is 23.1. The molecule has 4 rings (SSSR count). The van der Waals surface area contributed by atoms with Gasteiger partial charge in [-0.2, -0.15) is 0 Å². The second-order valence-corrected chi connectivity index (χ2v) is 10.4. The van der Waals surface area contributed by atoms with E-state index in [9.17, 15) is 14.7 Å². The number of hydrogen-bond donors (Lipinski definition) is 1. The number of aryl methyl sites for hydroxylation is 1. The molecule has 3 aromatic rings. The first-order chi connectivity index (χ1) is 18.2. The first-order valence-corrected chi connectivity index (χ1v) is 13.1. The molecule has 3 aromatic carbocycles. The Morgan fingerprint density at radius 3 is 2.39 bits per heavy atom. The molecule has 0 aliphatic carbocycles. The minimum Gasteiger partial charge on any atom is -0.507 e. The number of amides is 1. The highest BCUT2D eigenvalue weighted by molar-refractivity contribution is 6.46. The number of halogens is 2. The van der Waals surface area contributed by atoms with Gasteiger partial charge in [-0.3, -0.25) is 9.59 Å². The summed E-state index contributed by atoms with van der Waals surface area (Å²) in [5, 5.41) is 12.1. The molecule has 1 atom stereocenters. The molecule has 1 heterocycles. The van der Waals surface area contributed by atoms with Crippen LogP contribution in [0.5, 0.6) is 5.75 Å². The van der Waals surface area contributed by atoms with Crippen molar-refractivity contribution in [2.75, 3.05) is 27.2 Å². The van der Waals surface area contributed by atoms with Crippen LogP contribution in [0.15, 0.2) is 72.3 Å². The molecule has 1 saturated heterocycles. The highest BCUT2D eigenvalue weighted by Gasteiger charge is 2.46. The van der Waals surface area contributed by atoms with Gasteiger partial charge < -0.3 is 19.6 Å². The van der Waals surface area contributed by atoms with E-state index in [2.05, 4.69) is 0 Å². The number of rotatable bonds is 9. The van der Waals surface area contributed by atoms with E-state index in [1.807, 2.05) is 56.3 Å². The third kappa shape index (κ3) is 6.04. The Balaban J connectivity index is 1.70. The van der Waals surface area contributed by atoms with Crippen molar-refractivity contribution in [2.24, 2.45) is 0 Å². The summed E-state index contributed by atoms with van der Waals surface area (Å²) in [6, 6.07) is 19.2. The summed E-state index contributed by atoms with van der Waals surface area (Å²) < 4.78 is 5.96. The van der Waals surface area contributed by atoms with Crippen LogP contribution in [0.25, 0.3) is 5.76 Å². The highest BCUT2D eigenvalue weighted by atomic mass is 35.5. The lowest BCUT2D eigenvalue weighted by Crippen LogP contribution is -2.32. The van der Waals surface area contributed by atoms with Crippen LogP contribution in [-0.4, -0.2) is 53.8 Å². The zero-order valence-electron chi connectivity index (χ0n) is 21.6. The van der Waals surface area contributed by atoms with Gasteiger partial charge in [-0.1, -0.05) is 59.6 Å². The summed E-state index contributed by atoms with van der Waals surface area (Å²) >= 11 is 12.4. The van der Waals surface area contributed by atoms with Crippen molar-refractivity contribution in [1.82, 2.24) is 9.80 Å². The lowest BCUT2D eigenvalue weighted by molar-refractivity contribution is -0.139. The van der Waals surface area contributed by atoms with Gasteiger partial charge in [-0.05, 0) is 81.0 Å². The summed E-state index contributed by atoms with van der Waals surface area (Å²) in [4.78, 5) is 29.9. The van der Waals surface area contributed by atoms with Crippen molar-refractivity contribution in [3.05, 3.63) is 105 Å². The van der Waals surface area contributed by atoms with E-state index in [4.69, 9.17) is 27.9 Å². The molecule has 1 fully saturated rings. The van der Waals surface area contributed by atoms with Crippen LogP contribution in [0.3, 0.4) is 0 Å². The largest absolute Gasteiger partial charge is 0.507 e. The molecule has 198 valence electrons. The van der Waals surface area contributed by atoms with Crippen molar-refractivity contribution in [3.8, 4) is 5.75 Å². The Hall–Kier alpha value is -3.32. The first kappa shape index (κ1) is 27.7. The fourth-order valence-corrected chi connectivity index (χ4v) is 4.85. The number of Topliss-reactive ketones (excluding diaryl/α,β-unsaturated/α-hetero) is 1. The van der Waals surface area contributed by atoms with Gasteiger partial charge in [-0.25, -0.2) is 0 Å². The number of aliphatic hydroxyl groups excluding tert-OH is 1. The number of nitrogens with zero attached hydrogens (tertiary/aromatic N) is 2. The van der Waals surface area contributed by atoms with E-state index in [0.29, 0.717) is 46.5 Å². The van der Waals surface area contributed by atoms with Crippen LogP contribution in [0.4, 0.5) is 0 Å². The fourth-order valence-electron chi connectivity index (χ4n) is 4.55. The number of ether oxygens (including phenoxy) is 1. The zero-order chi connectivity index (χ0) is 27.4. The van der Waals surface area contributed by atoms with Crippen LogP contribution >= 0.6 is 23.2 Å². The number of carbonyl (C=O) groups is 2. The maximum atomic E-state index is 13.3. The molecule has 6 nitrogen and oxygen atoms in total. The van der Waals surface area contributed by atoms with Gasteiger partial charge in [0, 0.05) is 12.1 Å². The third-order valence-corrected chi connectivity index (χ3v) is 7.23. The molecule has 38 heavy (non-hydrogen) atoms. The molecule has 0 spiro atoms. The Morgan fingerprint density at radius 2 is 1.74 bits per heavy atom. The van der Waals surface area contributed by atoms with Crippen molar-refractivity contribution < 1.29 is 19.4 Å². The highest BCUT2D eigenvalue weighted by Crippen LogP contribution is 2.41. The second kappa shape index (κ2) is 12.0. The number of benzene rings is 3. The fraction of sp³-hybridized carbons (Fsp3) is 0.267. The maximum Gasteiger partial charge on any atom is 0.295 e. The second-order valence-electron chi connectivity index (χ2n) is 9.58. The third-order valence-electron chi connectivity index (χ3n) is 6.49. The topological polar surface area (TPSA) is 70.1 Å². The van der Waals surface area contributed by atoms with Crippen LogP contribution in [-0.2, 0) is 16.2 Å². The van der Waals surface area contributed by atoms with Crippen molar-refractivity contribution in [1.29, 1.82) is 0 Å². The molecular weight excluding hydrogens is 523 g/mol. The molecule has 0 saturated carbocycles. The van der Waals surface area contributed by atoms with Gasteiger partial charge in [0.2, 0.25) is 0 Å². The van der Waals surface area contributed by atoms with Crippen molar-refractivity contribution in [3.63, 3.8) is 0 Å². The minimum atomic E-state index is -0.791. The molecule has 0 unspecified atom stereocenters. The number of ketones is 1. The van der Waals surface area contributed by atoms with E-state index in [-0.39, 0.29) is 11.3 Å². The molecule has 0 bridgehead atoms. The molecule has 1 aliphatic heterocycles. The normalized spacial score (nSPS) is 16.9. The van der Waals surface area contributed by atoms with E-state index in [0.717, 1.165) is 17.7 Å². The standard InChI is InChI=1S/C30H30Cl2N2O4/c1-19-16-22(11-13-25(19)38-18-20-8-5-4-6-9-20)28(35)26-27(21-10-12-23(31)24(32)17-21)34(30(37)29(26)36)15-7-14-33(2)3/h4-6,8-13,16-17,27,35H,7,14-15,18H2,1-3H3/b28-26+/t27-/m1/s1. The number of likely N-dealkylation sites (tertiary alicyclic amines) is 1. The molecule has 1 N–H and O–H groups in total. The number of hydrogen-bond acceptors (Lipinski definition) is 5. The van der Waals surface area contributed by atoms with Crippen molar-refractivity contribution in [2.45, 2.75) is 26.0 Å². The average molecular weight is 553 g/mol. The molecule has 1 amide bonds. The Bertz CT molecular complexity index is 1370. The summed E-state index contributed by atoms with van der Waals surface area (Å²) in [5.74, 6) is -0.964. The van der Waals surface area contributed by atoms with Gasteiger partial charge in [0.15, 0.2) is 0 Å². The quantitative estimate of drug-likeness (QED) is 0.193. The lowest BCUT2D eigenvalue weighted by atomic mass is 9.94.